The Bertz CT molecular complexity index is 1060. The Morgan fingerprint density at radius 3 is 2.24 bits per heavy atom. The van der Waals surface area contributed by atoms with E-state index >= 15 is 0 Å². The third-order valence-electron chi connectivity index (χ3n) is 5.29. The highest BCUT2D eigenvalue weighted by molar-refractivity contribution is 7.92. The lowest BCUT2D eigenvalue weighted by atomic mass is 9.93. The van der Waals surface area contributed by atoms with Gasteiger partial charge in [0.15, 0.2) is 0 Å². The average molecular weight is 437 g/mol. The van der Waals surface area contributed by atoms with Gasteiger partial charge in [-0.2, -0.15) is 0 Å². The van der Waals surface area contributed by atoms with E-state index in [4.69, 9.17) is 0 Å². The highest BCUT2D eigenvalue weighted by Gasteiger charge is 2.32. The van der Waals surface area contributed by atoms with Crippen molar-refractivity contribution in [1.82, 2.24) is 4.72 Å². The Hall–Kier alpha value is -1.90. The summed E-state index contributed by atoms with van der Waals surface area (Å²) in [6, 6.07) is 15.3. The second kappa shape index (κ2) is 8.45. The van der Waals surface area contributed by atoms with Crippen molar-refractivity contribution in [3.05, 3.63) is 54.1 Å². The van der Waals surface area contributed by atoms with Crippen LogP contribution in [0.5, 0.6) is 0 Å². The Labute approximate surface area is 173 Å². The van der Waals surface area contributed by atoms with Crippen molar-refractivity contribution in [2.45, 2.75) is 50.3 Å². The number of hydrogen-bond donors (Lipinski definition) is 2. The lowest BCUT2D eigenvalue weighted by Crippen LogP contribution is -2.40. The second-order valence-electron chi connectivity index (χ2n) is 7.93. The van der Waals surface area contributed by atoms with Gasteiger partial charge in [0.2, 0.25) is 20.0 Å². The fraction of sp³-hybridized carbons (Fsp3) is 0.429. The zero-order chi connectivity index (χ0) is 21.2. The molecule has 0 heterocycles. The maximum absolute atomic E-state index is 12.3. The van der Waals surface area contributed by atoms with Crippen molar-refractivity contribution in [1.29, 1.82) is 0 Å². The van der Waals surface area contributed by atoms with Crippen molar-refractivity contribution >= 4 is 25.7 Å². The fourth-order valence-electron chi connectivity index (χ4n) is 3.75. The fourth-order valence-corrected chi connectivity index (χ4v) is 5.28. The summed E-state index contributed by atoms with van der Waals surface area (Å²) in [5, 5.41) is -0.445. The first-order valence-corrected chi connectivity index (χ1v) is 13.2. The number of hydrogen-bond acceptors (Lipinski definition) is 4. The summed E-state index contributed by atoms with van der Waals surface area (Å²) in [5.74, 6) is 0.163. The summed E-state index contributed by atoms with van der Waals surface area (Å²) in [5.41, 5.74) is 3.53. The van der Waals surface area contributed by atoms with Crippen LogP contribution in [0.25, 0.3) is 11.1 Å². The quantitative estimate of drug-likeness (QED) is 0.692. The molecule has 8 heteroatoms. The van der Waals surface area contributed by atoms with Crippen LogP contribution < -0.4 is 9.44 Å². The molecule has 6 nitrogen and oxygen atoms in total. The van der Waals surface area contributed by atoms with Crippen molar-refractivity contribution < 1.29 is 16.8 Å². The zero-order valence-corrected chi connectivity index (χ0v) is 18.6. The second-order valence-corrected chi connectivity index (χ2v) is 11.9. The predicted octanol–water partition coefficient (Wildman–Crippen LogP) is 3.69. The Balaban J connectivity index is 1.79. The molecule has 1 aliphatic carbocycles. The van der Waals surface area contributed by atoms with Gasteiger partial charge in [-0.25, -0.2) is 21.6 Å². The lowest BCUT2D eigenvalue weighted by Gasteiger charge is -2.23. The molecular formula is C21H28N2O4S2. The van der Waals surface area contributed by atoms with E-state index in [-0.39, 0.29) is 12.0 Å². The van der Waals surface area contributed by atoms with Crippen LogP contribution in [-0.2, 0) is 20.0 Å². The molecule has 0 spiro atoms. The minimum atomic E-state index is -3.33. The van der Waals surface area contributed by atoms with E-state index in [9.17, 15) is 16.8 Å². The molecule has 158 valence electrons. The molecule has 3 rings (SSSR count). The molecule has 2 N–H and O–H groups in total. The predicted molar refractivity (Wildman–Crippen MR) is 118 cm³/mol. The molecule has 2 atom stereocenters. The van der Waals surface area contributed by atoms with E-state index in [1.165, 1.54) is 0 Å². The Kier molecular flexibility index (Phi) is 6.36. The van der Waals surface area contributed by atoms with Gasteiger partial charge < -0.3 is 0 Å². The van der Waals surface area contributed by atoms with Gasteiger partial charge in [-0.05, 0) is 55.5 Å². The van der Waals surface area contributed by atoms with Crippen LogP contribution in [0.4, 0.5) is 5.69 Å². The summed E-state index contributed by atoms with van der Waals surface area (Å²) in [7, 11) is -6.63. The number of nitrogens with one attached hydrogen (secondary N) is 2. The van der Waals surface area contributed by atoms with Crippen LogP contribution in [0.15, 0.2) is 48.5 Å². The number of sulfonamides is 2. The lowest BCUT2D eigenvalue weighted by molar-refractivity contribution is 0.519. The van der Waals surface area contributed by atoms with Crippen molar-refractivity contribution in [3.8, 4) is 11.1 Å². The third-order valence-corrected chi connectivity index (χ3v) is 7.77. The molecule has 0 aliphatic heterocycles. The molecule has 2 aromatic rings. The number of anilines is 1. The van der Waals surface area contributed by atoms with Crippen LogP contribution in [0.2, 0.25) is 0 Å². The number of rotatable bonds is 7. The van der Waals surface area contributed by atoms with Crippen molar-refractivity contribution in [2.75, 3.05) is 11.0 Å². The van der Waals surface area contributed by atoms with Gasteiger partial charge in [-0.1, -0.05) is 42.8 Å². The first-order chi connectivity index (χ1) is 13.5. The maximum atomic E-state index is 12.3. The molecule has 0 aromatic heterocycles. The third kappa shape index (κ3) is 5.58. The molecule has 0 unspecified atom stereocenters. The Morgan fingerprint density at radius 1 is 0.931 bits per heavy atom. The monoisotopic (exact) mass is 436 g/mol. The highest BCUT2D eigenvalue weighted by atomic mass is 32.2. The molecule has 2 aromatic carbocycles. The van der Waals surface area contributed by atoms with Crippen LogP contribution >= 0.6 is 0 Å². The van der Waals surface area contributed by atoms with Crippen LogP contribution in [0.1, 0.15) is 44.6 Å². The summed E-state index contributed by atoms with van der Waals surface area (Å²) in [4.78, 5) is 0. The van der Waals surface area contributed by atoms with E-state index in [2.05, 4.69) is 9.44 Å². The van der Waals surface area contributed by atoms with Crippen LogP contribution in [0.3, 0.4) is 0 Å². The molecule has 0 bridgehead atoms. The molecular weight excluding hydrogens is 408 g/mol. The summed E-state index contributed by atoms with van der Waals surface area (Å²) < 4.78 is 52.8. The van der Waals surface area contributed by atoms with E-state index in [0.29, 0.717) is 5.69 Å². The first kappa shape index (κ1) is 21.8. The average Bonchev–Trinajstić information content (AvgIpc) is 3.08. The molecule has 1 saturated carbocycles. The minimum absolute atomic E-state index is 0.0736. The van der Waals surface area contributed by atoms with Gasteiger partial charge >= 0.3 is 0 Å². The van der Waals surface area contributed by atoms with Crippen LogP contribution in [0, 0.1) is 0 Å². The smallest absolute Gasteiger partial charge is 0.229 e. The van der Waals surface area contributed by atoms with E-state index in [1.54, 1.807) is 26.0 Å². The maximum Gasteiger partial charge on any atom is 0.229 e. The zero-order valence-electron chi connectivity index (χ0n) is 16.9. The normalized spacial score (nSPS) is 20.1. The summed E-state index contributed by atoms with van der Waals surface area (Å²) >= 11 is 0. The van der Waals surface area contributed by atoms with Crippen LogP contribution in [-0.4, -0.2) is 34.4 Å². The first-order valence-electron chi connectivity index (χ1n) is 9.74. The number of benzene rings is 2. The van der Waals surface area contributed by atoms with Gasteiger partial charge in [-0.15, -0.1) is 0 Å². The van der Waals surface area contributed by atoms with Crippen molar-refractivity contribution in [3.63, 3.8) is 0 Å². The molecule has 0 saturated heterocycles. The molecule has 1 fully saturated rings. The van der Waals surface area contributed by atoms with Gasteiger partial charge in [0.05, 0.1) is 11.5 Å². The molecule has 0 radical (unpaired) electrons. The van der Waals surface area contributed by atoms with Gasteiger partial charge in [-0.3, -0.25) is 4.72 Å². The van der Waals surface area contributed by atoms with Gasteiger partial charge in [0.1, 0.15) is 0 Å². The SMILES string of the molecule is CC(C)S(=O)(=O)N[C@@H]1CCC[C@H]1c1ccc(-c2cccc(NS(C)(=O)=O)c2)cc1. The molecule has 1 aliphatic rings. The molecule has 0 amide bonds. The van der Waals surface area contributed by atoms with E-state index < -0.39 is 25.3 Å². The van der Waals surface area contributed by atoms with E-state index in [1.807, 2.05) is 36.4 Å². The van der Waals surface area contributed by atoms with E-state index in [0.717, 1.165) is 42.2 Å². The standard InChI is InChI=1S/C21H28N2O4S2/c1-15(2)29(26,27)23-21-9-5-8-20(21)17-12-10-16(11-13-17)18-6-4-7-19(14-18)22-28(3,24)25/h4,6-7,10-15,20-23H,5,8-9H2,1-3H3/t20-,21+/m0/s1. The largest absolute Gasteiger partial charge is 0.284 e. The Morgan fingerprint density at radius 2 is 1.62 bits per heavy atom. The summed E-state index contributed by atoms with van der Waals surface area (Å²) in [6.07, 6.45) is 3.92. The van der Waals surface area contributed by atoms with Gasteiger partial charge in [0.25, 0.3) is 0 Å². The molecule has 29 heavy (non-hydrogen) atoms. The van der Waals surface area contributed by atoms with Crippen molar-refractivity contribution in [2.24, 2.45) is 0 Å². The summed E-state index contributed by atoms with van der Waals surface area (Å²) in [6.45, 7) is 3.38. The van der Waals surface area contributed by atoms with Gasteiger partial charge in [0, 0.05) is 17.6 Å². The highest BCUT2D eigenvalue weighted by Crippen LogP contribution is 2.36. The minimum Gasteiger partial charge on any atom is -0.284 e. The topological polar surface area (TPSA) is 92.3 Å².